The van der Waals surface area contributed by atoms with E-state index >= 15 is 0 Å². The van der Waals surface area contributed by atoms with Crippen LogP contribution < -0.4 is 0 Å². The van der Waals surface area contributed by atoms with Gasteiger partial charge in [-0.25, -0.2) is 0 Å². The minimum absolute atomic E-state index is 0.779. The van der Waals surface area contributed by atoms with Gasteiger partial charge in [-0.2, -0.15) is 0 Å². The zero-order chi connectivity index (χ0) is 8.53. The maximum atomic E-state index is 2.26. The molecule has 11 heavy (non-hydrogen) atoms. The van der Waals surface area contributed by atoms with Gasteiger partial charge in [-0.1, -0.05) is 57.0 Å². The lowest BCUT2D eigenvalue weighted by Crippen LogP contribution is -1.88. The second-order valence-electron chi connectivity index (χ2n) is 2.02. The Hall–Kier alpha value is 1.40. The molecule has 0 bridgehead atoms. The van der Waals surface area contributed by atoms with Crippen molar-refractivity contribution in [2.75, 3.05) is 12.0 Å². The fourth-order valence-corrected chi connectivity index (χ4v) is 6.56. The lowest BCUT2D eigenvalue weighted by Gasteiger charge is -2.10. The molecule has 0 amide bonds. The monoisotopic (exact) mass is 228 g/mol. The van der Waals surface area contributed by atoms with Gasteiger partial charge in [-0.05, 0) is 19.1 Å². The largest absolute Gasteiger partial charge is 0.0964 e. The Morgan fingerprint density at radius 3 is 2.36 bits per heavy atom. The fraction of sp³-hybridized carbons (Fsp3) is 1.00. The Kier molecular flexibility index (Phi) is 10.7. The van der Waals surface area contributed by atoms with Crippen LogP contribution in [0.2, 0.25) is 0 Å². The van der Waals surface area contributed by atoms with E-state index in [0.717, 1.165) is 4.58 Å². The molecule has 0 radical (unpaired) electrons. The van der Waals surface area contributed by atoms with Crippen molar-refractivity contribution in [2.24, 2.45) is 0 Å². The Bertz CT molecular complexity index is 76.8. The van der Waals surface area contributed by atoms with Crippen molar-refractivity contribution >= 4 is 43.2 Å². The highest BCUT2D eigenvalue weighted by Crippen LogP contribution is 2.40. The predicted molar refractivity (Wildman–Crippen MR) is 65.5 cm³/mol. The normalized spacial score (nSPS) is 13.4. The number of hydrogen-bond acceptors (Lipinski definition) is 4. The van der Waals surface area contributed by atoms with Gasteiger partial charge in [0.05, 0.1) is 4.58 Å². The summed E-state index contributed by atoms with van der Waals surface area (Å²) in [6.07, 6.45) is 4.71. The maximum absolute atomic E-state index is 2.26. The van der Waals surface area contributed by atoms with Crippen LogP contribution in [0, 0.1) is 0 Å². The molecule has 0 heterocycles. The summed E-state index contributed by atoms with van der Waals surface area (Å²) in [5.74, 6) is 1.29. The SMILES string of the molecule is CCCSSC(CC)SSC. The van der Waals surface area contributed by atoms with E-state index in [4.69, 9.17) is 0 Å². The minimum atomic E-state index is 0.779. The van der Waals surface area contributed by atoms with Crippen LogP contribution in [0.25, 0.3) is 0 Å². The zero-order valence-corrected chi connectivity index (χ0v) is 10.6. The van der Waals surface area contributed by atoms with Crippen molar-refractivity contribution in [3.05, 3.63) is 0 Å². The molecule has 0 aliphatic carbocycles. The molecule has 0 rings (SSSR count). The van der Waals surface area contributed by atoms with E-state index in [-0.39, 0.29) is 0 Å². The predicted octanol–water partition coefficient (Wildman–Crippen LogP) is 4.53. The second kappa shape index (κ2) is 9.49. The summed E-state index contributed by atoms with van der Waals surface area (Å²) in [5, 5.41) is 0. The molecule has 0 aliphatic rings. The van der Waals surface area contributed by atoms with Crippen molar-refractivity contribution in [3.8, 4) is 0 Å². The molecule has 0 aromatic rings. The van der Waals surface area contributed by atoms with E-state index in [2.05, 4.69) is 20.1 Å². The first kappa shape index (κ1) is 12.4. The van der Waals surface area contributed by atoms with Crippen LogP contribution in [-0.4, -0.2) is 16.6 Å². The van der Waals surface area contributed by atoms with Crippen LogP contribution in [-0.2, 0) is 0 Å². The Balaban J connectivity index is 3.20. The van der Waals surface area contributed by atoms with Crippen molar-refractivity contribution in [2.45, 2.75) is 31.3 Å². The van der Waals surface area contributed by atoms with E-state index in [9.17, 15) is 0 Å². The molecule has 4 heteroatoms. The van der Waals surface area contributed by atoms with E-state index in [1.54, 1.807) is 0 Å². The molecule has 0 saturated carbocycles. The molecular weight excluding hydrogens is 212 g/mol. The van der Waals surface area contributed by atoms with Gasteiger partial charge in [-0.15, -0.1) is 0 Å². The van der Waals surface area contributed by atoms with Crippen molar-refractivity contribution in [3.63, 3.8) is 0 Å². The lowest BCUT2D eigenvalue weighted by atomic mass is 10.6. The van der Waals surface area contributed by atoms with Gasteiger partial charge in [0, 0.05) is 5.75 Å². The highest BCUT2D eigenvalue weighted by molar-refractivity contribution is 8.85. The van der Waals surface area contributed by atoms with Crippen LogP contribution in [0.3, 0.4) is 0 Å². The molecule has 1 unspecified atom stereocenters. The second-order valence-corrected chi connectivity index (χ2v) is 7.68. The highest BCUT2D eigenvalue weighted by atomic mass is 33.1. The molecule has 0 nitrogen and oxygen atoms in total. The summed E-state index contributed by atoms with van der Waals surface area (Å²) in [6, 6.07) is 0. The third-order valence-electron chi connectivity index (χ3n) is 1.000. The minimum Gasteiger partial charge on any atom is -0.0964 e. The average Bonchev–Trinajstić information content (AvgIpc) is 2.03. The van der Waals surface area contributed by atoms with Gasteiger partial charge >= 0.3 is 0 Å². The summed E-state index contributed by atoms with van der Waals surface area (Å²) in [5.41, 5.74) is 0. The maximum Gasteiger partial charge on any atom is 0.0706 e. The smallest absolute Gasteiger partial charge is 0.0706 e. The summed E-state index contributed by atoms with van der Waals surface area (Å²) in [4.78, 5) is 0. The standard InChI is InChI=1S/C7H16S4/c1-4-6-9-11-7(5-2)10-8-3/h7H,4-6H2,1-3H3. The van der Waals surface area contributed by atoms with Crippen LogP contribution >= 0.6 is 43.2 Å². The molecule has 0 aromatic heterocycles. The zero-order valence-electron chi connectivity index (χ0n) is 7.33. The molecule has 0 saturated heterocycles. The first-order chi connectivity index (χ1) is 5.35. The Labute approximate surface area is 86.2 Å². The summed E-state index contributed by atoms with van der Waals surface area (Å²) in [6.45, 7) is 4.49. The van der Waals surface area contributed by atoms with Gasteiger partial charge in [-0.3, -0.25) is 0 Å². The molecule has 0 spiro atoms. The molecule has 68 valence electrons. The van der Waals surface area contributed by atoms with Crippen molar-refractivity contribution in [1.82, 2.24) is 0 Å². The molecule has 0 aliphatic heterocycles. The molecule has 0 fully saturated rings. The molecule has 0 N–H and O–H groups in total. The van der Waals surface area contributed by atoms with E-state index in [1.807, 2.05) is 43.2 Å². The van der Waals surface area contributed by atoms with Gasteiger partial charge in [0.25, 0.3) is 0 Å². The van der Waals surface area contributed by atoms with Crippen LogP contribution in [0.1, 0.15) is 26.7 Å². The van der Waals surface area contributed by atoms with Crippen molar-refractivity contribution < 1.29 is 0 Å². The third-order valence-corrected chi connectivity index (χ3v) is 7.19. The summed E-state index contributed by atoms with van der Waals surface area (Å²) >= 11 is 0. The quantitative estimate of drug-likeness (QED) is 0.357. The number of hydrogen-bond donors (Lipinski definition) is 0. The molecule has 1 atom stereocenters. The summed E-state index contributed by atoms with van der Waals surface area (Å²) in [7, 11) is 7.90. The van der Waals surface area contributed by atoms with E-state index < -0.39 is 0 Å². The lowest BCUT2D eigenvalue weighted by molar-refractivity contribution is 1.07. The fourth-order valence-electron chi connectivity index (χ4n) is 0.467. The first-order valence-electron chi connectivity index (χ1n) is 3.82. The van der Waals surface area contributed by atoms with Gasteiger partial charge < -0.3 is 0 Å². The van der Waals surface area contributed by atoms with E-state index in [1.165, 1.54) is 18.6 Å². The molecule has 0 aromatic carbocycles. The van der Waals surface area contributed by atoms with E-state index in [0.29, 0.717) is 0 Å². The van der Waals surface area contributed by atoms with Gasteiger partial charge in [0.1, 0.15) is 0 Å². The first-order valence-corrected chi connectivity index (χ1v) is 8.83. The van der Waals surface area contributed by atoms with Gasteiger partial charge in [0.15, 0.2) is 0 Å². The van der Waals surface area contributed by atoms with Crippen LogP contribution in [0.5, 0.6) is 0 Å². The van der Waals surface area contributed by atoms with Crippen LogP contribution in [0.15, 0.2) is 0 Å². The third kappa shape index (κ3) is 7.75. The van der Waals surface area contributed by atoms with Gasteiger partial charge in [0.2, 0.25) is 0 Å². The Morgan fingerprint density at radius 2 is 1.91 bits per heavy atom. The van der Waals surface area contributed by atoms with Crippen LogP contribution in [0.4, 0.5) is 0 Å². The van der Waals surface area contributed by atoms with Crippen molar-refractivity contribution in [1.29, 1.82) is 0 Å². The Morgan fingerprint density at radius 1 is 1.18 bits per heavy atom. The highest BCUT2D eigenvalue weighted by Gasteiger charge is 2.05. The molecular formula is C7H16S4. The summed E-state index contributed by atoms with van der Waals surface area (Å²) < 4.78 is 0.779. The average molecular weight is 228 g/mol. The topological polar surface area (TPSA) is 0 Å². The number of rotatable bonds is 7.